The van der Waals surface area contributed by atoms with E-state index in [0.29, 0.717) is 41.0 Å². The second-order valence-electron chi connectivity index (χ2n) is 32.2. The molecule has 0 amide bonds. The van der Waals surface area contributed by atoms with E-state index in [4.69, 9.17) is 31.5 Å². The van der Waals surface area contributed by atoms with E-state index < -0.39 is 209 Å². The van der Waals surface area contributed by atoms with Crippen LogP contribution in [0.15, 0.2) is 9.98 Å². The van der Waals surface area contributed by atoms with Gasteiger partial charge in [0.15, 0.2) is 0 Å². The highest BCUT2D eigenvalue weighted by atomic mass is 28.4. The average molecular weight is 1600 g/mol. The summed E-state index contributed by atoms with van der Waals surface area (Å²) in [4.78, 5) is 9.15. The summed E-state index contributed by atoms with van der Waals surface area (Å²) in [7, 11) is -7.80. The first-order valence-corrected chi connectivity index (χ1v) is 41.5. The van der Waals surface area contributed by atoms with E-state index >= 15 is 70.2 Å². The van der Waals surface area contributed by atoms with Crippen LogP contribution in [0.4, 0.5) is 101 Å². The molecule has 103 heavy (non-hydrogen) atoms. The highest BCUT2D eigenvalue weighted by Gasteiger charge is 2.89. The zero-order valence-corrected chi connectivity index (χ0v) is 69.0. The van der Waals surface area contributed by atoms with E-state index in [-0.39, 0.29) is 63.2 Å². The van der Waals surface area contributed by atoms with Crippen LogP contribution in [0.1, 0.15) is 237 Å². The molecule has 0 aromatic carbocycles. The molecule has 9 unspecified atom stereocenters. The summed E-state index contributed by atoms with van der Waals surface area (Å²) in [5.41, 5.74) is -39.2. The van der Waals surface area contributed by atoms with Gasteiger partial charge < -0.3 is 26.6 Å². The standard InChI is InChI=1S/C69H121F23N2O6Si3/c1-30-50(9,10)45-47(51(11,12)52(13,14)64(81,68(87,88)89)66(83,84)59(23,35-6)57(21,33-4)62(77,78)48(70)71)94-41-37-42-102(95-25,96-26)54(17,18)99-101(29,44-39-61(74,75)76)53(15,16)100-103(97-27,98-28)43-38-40-93-46(8)55(19,31-2)56(20,32-3)65(82,69(90,91)92)67(85,86)60(24,36-7)58(22,34-5)63(79,80)49(72)73/h48-49H,30-45H2,1-29H3. The van der Waals surface area contributed by atoms with Crippen molar-refractivity contribution in [3.63, 3.8) is 0 Å². The maximum Gasteiger partial charge on any atom is 0.500 e. The Morgan fingerprint density at radius 1 is 0.408 bits per heavy atom. The number of hydrogen-bond donors (Lipinski definition) is 0. The van der Waals surface area contributed by atoms with Crippen LogP contribution in [0, 0.1) is 48.7 Å². The van der Waals surface area contributed by atoms with Crippen molar-refractivity contribution in [3.8, 4) is 0 Å². The summed E-state index contributed by atoms with van der Waals surface area (Å²) in [5, 5.41) is -3.50. The normalized spacial score (nSPS) is 20.5. The molecule has 0 saturated carbocycles. The first-order chi connectivity index (χ1) is 45.6. The molecule has 0 radical (unpaired) electrons. The molecule has 8 nitrogen and oxygen atoms in total. The van der Waals surface area contributed by atoms with E-state index in [1.807, 2.05) is 0 Å². The molecular weight excluding hydrogens is 1470 g/mol. The van der Waals surface area contributed by atoms with E-state index in [9.17, 15) is 30.7 Å². The van der Waals surface area contributed by atoms with Crippen LogP contribution in [0.25, 0.3) is 0 Å². The van der Waals surface area contributed by atoms with Crippen molar-refractivity contribution in [1.29, 1.82) is 0 Å². The molecular formula is C69H121F23N2O6Si3. The summed E-state index contributed by atoms with van der Waals surface area (Å²) < 4.78 is 403. The van der Waals surface area contributed by atoms with Crippen molar-refractivity contribution in [1.82, 2.24) is 0 Å². The largest absolute Gasteiger partial charge is 0.500 e. The predicted molar refractivity (Wildman–Crippen MR) is 364 cm³/mol. The molecule has 0 aliphatic heterocycles. The quantitative estimate of drug-likeness (QED) is 0.0262. The molecule has 0 aromatic rings. The molecule has 9 atom stereocenters. The zero-order valence-electron chi connectivity index (χ0n) is 66.0. The maximum atomic E-state index is 18.2. The number of halogens is 23. The number of nitrogens with zero attached hydrogens (tertiary/aromatic N) is 2. The molecule has 0 rings (SSSR count). The minimum atomic E-state index is -6.56. The highest BCUT2D eigenvalue weighted by molar-refractivity contribution is 6.78. The second-order valence-corrected chi connectivity index (χ2v) is 43.5. The van der Waals surface area contributed by atoms with Crippen molar-refractivity contribution < 1.29 is 128 Å². The third kappa shape index (κ3) is 16.9. The van der Waals surface area contributed by atoms with Gasteiger partial charge in [0.05, 0.1) is 10.4 Å². The Bertz CT molecular complexity index is 2780. The molecule has 0 heterocycles. The SMILES string of the molecule is CCC(C)(C)CC(=NCCC[Si](OC)(OC)C(C)(C)O[Si](C)(CCC(F)(F)F)C(C)(C)O[Si](CCCN=C(C)C(C)(CC)C(C)(CC)C(F)(C(F)(F)F)C(F)(F)C(C)(CC)C(C)(CC)C(F)(F)C(F)F)(OC)OC)C(C)(C)C(C)(C)C(F)(C(F)(F)F)C(F)(F)C(C)(CC)C(C)(CC)C(F)(F)C(F)F. The zero-order chi connectivity index (χ0) is 82.8. The lowest BCUT2D eigenvalue weighted by atomic mass is 9.46. The van der Waals surface area contributed by atoms with Gasteiger partial charge in [0.2, 0.25) is 8.32 Å². The minimum absolute atomic E-state index is 0.138. The van der Waals surface area contributed by atoms with E-state index in [1.165, 1.54) is 55.4 Å². The summed E-state index contributed by atoms with van der Waals surface area (Å²) >= 11 is 0. The van der Waals surface area contributed by atoms with Gasteiger partial charge in [0.25, 0.3) is 23.2 Å². The molecule has 0 N–H and O–H groups in total. The van der Waals surface area contributed by atoms with Crippen molar-refractivity contribution in [2.75, 3.05) is 41.5 Å². The summed E-state index contributed by atoms with van der Waals surface area (Å²) in [6.07, 6.45) is -35.6. The van der Waals surface area contributed by atoms with Crippen LogP contribution >= 0.6 is 0 Å². The Balaban J connectivity index is 8.16. The maximum absolute atomic E-state index is 18.2. The van der Waals surface area contributed by atoms with Crippen molar-refractivity contribution >= 4 is 37.1 Å². The van der Waals surface area contributed by atoms with Crippen molar-refractivity contribution in [2.24, 2.45) is 58.7 Å². The fourth-order valence-electron chi connectivity index (χ4n) is 15.5. The van der Waals surface area contributed by atoms with E-state index in [1.54, 1.807) is 20.8 Å². The van der Waals surface area contributed by atoms with Gasteiger partial charge in [-0.15, -0.1) is 0 Å². The Kier molecular flexibility index (Phi) is 32.6. The topological polar surface area (TPSA) is 80.1 Å². The van der Waals surface area contributed by atoms with E-state index in [2.05, 4.69) is 4.99 Å². The monoisotopic (exact) mass is 1590 g/mol. The first-order valence-electron chi connectivity index (χ1n) is 34.9. The van der Waals surface area contributed by atoms with Gasteiger partial charge in [-0.3, -0.25) is 9.98 Å². The Morgan fingerprint density at radius 2 is 0.767 bits per heavy atom. The lowest BCUT2D eigenvalue weighted by molar-refractivity contribution is -0.398. The Labute approximate surface area is 601 Å². The van der Waals surface area contributed by atoms with Crippen LogP contribution < -0.4 is 0 Å². The highest BCUT2D eigenvalue weighted by Crippen LogP contribution is 2.75. The van der Waals surface area contributed by atoms with Crippen molar-refractivity contribution in [3.05, 3.63) is 0 Å². The predicted octanol–water partition coefficient (Wildman–Crippen LogP) is 24.8. The lowest BCUT2D eigenvalue weighted by Crippen LogP contribution is -2.76. The van der Waals surface area contributed by atoms with Crippen molar-refractivity contribution in [2.45, 2.75) is 338 Å². The van der Waals surface area contributed by atoms with Gasteiger partial charge in [-0.2, -0.15) is 57.1 Å². The molecule has 0 aromatic heterocycles. The van der Waals surface area contributed by atoms with Gasteiger partial charge in [-0.1, -0.05) is 138 Å². The second kappa shape index (κ2) is 33.2. The summed E-state index contributed by atoms with van der Waals surface area (Å²) in [6, 6.07) is -1.16. The lowest BCUT2D eigenvalue weighted by Gasteiger charge is -2.62. The summed E-state index contributed by atoms with van der Waals surface area (Å²) in [5.74, 6) is -22.4. The van der Waals surface area contributed by atoms with Crippen LogP contribution in [-0.2, 0) is 26.6 Å². The average Bonchev–Trinajstić information content (AvgIpc) is 0.679. The van der Waals surface area contributed by atoms with E-state index in [0.717, 1.165) is 76.5 Å². The molecule has 34 heteroatoms. The number of hydrogen-bond acceptors (Lipinski definition) is 8. The molecule has 0 bridgehead atoms. The van der Waals surface area contributed by atoms with Gasteiger partial charge in [-0.05, 0) is 116 Å². The van der Waals surface area contributed by atoms with Crippen LogP contribution in [0.5, 0.6) is 0 Å². The molecule has 0 aliphatic rings. The van der Waals surface area contributed by atoms with Crippen LogP contribution in [-0.4, -0.2) is 155 Å². The van der Waals surface area contributed by atoms with Crippen LogP contribution in [0.2, 0.25) is 24.7 Å². The molecule has 0 spiro atoms. The molecule has 616 valence electrons. The molecule has 0 saturated heterocycles. The number of rotatable bonds is 45. The van der Waals surface area contributed by atoms with Crippen LogP contribution in [0.3, 0.4) is 0 Å². The fourth-order valence-corrected chi connectivity index (χ4v) is 26.0. The third-order valence-corrected chi connectivity index (χ3v) is 39.0. The van der Waals surface area contributed by atoms with Gasteiger partial charge >= 0.3 is 60.6 Å². The number of aliphatic imine (C=N–C) groups is 2. The third-order valence-electron chi connectivity index (χ3n) is 26.5. The minimum Gasteiger partial charge on any atom is -0.407 e. The van der Waals surface area contributed by atoms with Gasteiger partial charge in [0, 0.05) is 109 Å². The smallest absolute Gasteiger partial charge is 0.407 e. The van der Waals surface area contributed by atoms with Gasteiger partial charge in [0.1, 0.15) is 0 Å². The number of alkyl halides is 23. The van der Waals surface area contributed by atoms with Gasteiger partial charge in [-0.25, -0.2) is 43.9 Å². The Hall–Kier alpha value is -1.86. The molecule has 0 aliphatic carbocycles. The summed E-state index contributed by atoms with van der Waals surface area (Å²) in [6.45, 7) is 23.9. The molecule has 0 fully saturated rings. The first kappa shape index (κ1) is 101. The Morgan fingerprint density at radius 3 is 1.08 bits per heavy atom. The fraction of sp³-hybridized carbons (Fsp3) is 0.971.